The summed E-state index contributed by atoms with van der Waals surface area (Å²) in [4.78, 5) is 28.5. The number of benzene rings is 2. The number of rotatable bonds is 8. The first kappa shape index (κ1) is 26.7. The zero-order valence-electron chi connectivity index (χ0n) is 20.1. The molecule has 2 aliphatic carbocycles. The summed E-state index contributed by atoms with van der Waals surface area (Å²) in [7, 11) is 0. The van der Waals surface area contributed by atoms with Gasteiger partial charge in [-0.05, 0) is 73.6 Å². The Kier molecular flexibility index (Phi) is 7.27. The molecule has 2 aromatic rings. The first-order valence-corrected chi connectivity index (χ1v) is 12.6. The molecule has 2 fully saturated rings. The molecule has 3 atom stereocenters. The number of hydrogen-bond donors (Lipinski definition) is 1. The van der Waals surface area contributed by atoms with Crippen LogP contribution in [0.4, 0.5) is 23.2 Å². The minimum absolute atomic E-state index is 0.0448. The maximum atomic E-state index is 14.8. The Labute approximate surface area is 220 Å². The van der Waals surface area contributed by atoms with E-state index in [1.165, 1.54) is 24.3 Å². The summed E-state index contributed by atoms with van der Waals surface area (Å²) < 4.78 is 61.9. The minimum Gasteiger partial charge on any atom is -0.480 e. The smallest absolute Gasteiger partial charge is 0.480 e. The fourth-order valence-corrected chi connectivity index (χ4v) is 5.90. The number of ether oxygens (including phenoxy) is 2. The van der Waals surface area contributed by atoms with Crippen molar-refractivity contribution in [2.24, 2.45) is 5.92 Å². The molecule has 7 nitrogen and oxygen atoms in total. The summed E-state index contributed by atoms with van der Waals surface area (Å²) >= 11 is 6.17. The van der Waals surface area contributed by atoms with Gasteiger partial charge in [-0.2, -0.15) is 0 Å². The predicted octanol–water partition coefficient (Wildman–Crippen LogP) is 5.77. The number of alkyl halides is 3. The molecule has 5 rings (SSSR count). The lowest BCUT2D eigenvalue weighted by atomic mass is 9.81. The predicted molar refractivity (Wildman–Crippen MR) is 129 cm³/mol. The molecule has 0 bridgehead atoms. The molecular formula is C26H25ClF4N2O5. The average molecular weight is 557 g/mol. The molecule has 2 saturated carbocycles. The molecule has 0 aromatic heterocycles. The van der Waals surface area contributed by atoms with Crippen LogP contribution in [0.1, 0.15) is 54.1 Å². The highest BCUT2D eigenvalue weighted by Crippen LogP contribution is 2.53. The van der Waals surface area contributed by atoms with Crippen LogP contribution in [0.5, 0.6) is 5.75 Å². The molecule has 3 aliphatic rings. The van der Waals surface area contributed by atoms with Gasteiger partial charge in [0.25, 0.3) is 5.91 Å². The lowest BCUT2D eigenvalue weighted by Crippen LogP contribution is -2.52. The van der Waals surface area contributed by atoms with Gasteiger partial charge in [0.15, 0.2) is 0 Å². The number of nitrogens with zero attached hydrogens (tertiary/aromatic N) is 2. The van der Waals surface area contributed by atoms with Crippen LogP contribution < -0.4 is 9.64 Å². The summed E-state index contributed by atoms with van der Waals surface area (Å²) in [6.45, 7) is -0.423. The molecule has 2 aromatic carbocycles. The van der Waals surface area contributed by atoms with Crippen molar-refractivity contribution in [1.82, 2.24) is 4.90 Å². The van der Waals surface area contributed by atoms with Crippen molar-refractivity contribution >= 4 is 29.2 Å². The molecule has 204 valence electrons. The van der Waals surface area contributed by atoms with Gasteiger partial charge in [-0.1, -0.05) is 18.0 Å². The topological polar surface area (TPSA) is 79.3 Å². The second-order valence-electron chi connectivity index (χ2n) is 9.80. The van der Waals surface area contributed by atoms with Crippen LogP contribution in [0.2, 0.25) is 5.02 Å². The Morgan fingerprint density at radius 2 is 1.82 bits per heavy atom. The van der Waals surface area contributed by atoms with Crippen LogP contribution >= 0.6 is 11.6 Å². The number of carboxylic acid groups (broad SMARTS) is 1. The first-order chi connectivity index (χ1) is 18.0. The van der Waals surface area contributed by atoms with Crippen molar-refractivity contribution in [3.63, 3.8) is 0 Å². The molecule has 12 heteroatoms. The van der Waals surface area contributed by atoms with Crippen LogP contribution in [0.25, 0.3) is 0 Å². The van der Waals surface area contributed by atoms with Gasteiger partial charge in [-0.3, -0.25) is 9.69 Å². The number of anilines is 1. The van der Waals surface area contributed by atoms with E-state index >= 15 is 0 Å². The Bertz CT molecular complexity index is 1220. The highest BCUT2D eigenvalue weighted by Gasteiger charge is 2.50. The third-order valence-corrected chi connectivity index (χ3v) is 7.60. The average Bonchev–Trinajstić information content (AvgIpc) is 3.57. The molecule has 1 aliphatic heterocycles. The lowest BCUT2D eigenvalue weighted by molar-refractivity contribution is -0.274. The maximum absolute atomic E-state index is 14.8. The fourth-order valence-electron chi connectivity index (χ4n) is 5.74. The van der Waals surface area contributed by atoms with E-state index in [-0.39, 0.29) is 41.4 Å². The van der Waals surface area contributed by atoms with Gasteiger partial charge < -0.3 is 19.5 Å². The number of fused-ring (bicyclic) bond motifs is 2. The minimum atomic E-state index is -4.86. The zero-order chi connectivity index (χ0) is 27.2. The van der Waals surface area contributed by atoms with E-state index in [2.05, 4.69) is 9.64 Å². The summed E-state index contributed by atoms with van der Waals surface area (Å²) in [5.41, 5.74) is 1.12. The number of amides is 1. The fraction of sp³-hybridized carbons (Fsp3) is 0.462. The molecule has 1 amide bonds. The highest BCUT2D eigenvalue weighted by atomic mass is 35.5. The number of aliphatic carboxylic acids is 1. The SMILES string of the molecule is O=C(O)COCN(C1CC1)[C@H]1c2cc(F)c(Cl)cc2N(C(=O)c2ccc(OC(F)(F)F)cc2)[C@@H]2CCC[C@@H]21. The number of carbonyl (C=O) groups excluding carboxylic acids is 1. The maximum Gasteiger partial charge on any atom is 0.573 e. The number of carbonyl (C=O) groups is 2. The molecule has 1 heterocycles. The van der Waals surface area contributed by atoms with E-state index in [0.717, 1.165) is 37.8 Å². The van der Waals surface area contributed by atoms with Gasteiger partial charge in [-0.25, -0.2) is 9.18 Å². The van der Waals surface area contributed by atoms with E-state index < -0.39 is 36.4 Å². The van der Waals surface area contributed by atoms with Crippen LogP contribution in [-0.4, -0.2) is 53.7 Å². The largest absolute Gasteiger partial charge is 0.573 e. The van der Waals surface area contributed by atoms with E-state index in [4.69, 9.17) is 21.4 Å². The monoisotopic (exact) mass is 556 g/mol. The summed E-state index contributed by atoms with van der Waals surface area (Å²) in [6.07, 6.45) is -0.831. The van der Waals surface area contributed by atoms with Crippen LogP contribution in [-0.2, 0) is 9.53 Å². The van der Waals surface area contributed by atoms with Crippen molar-refractivity contribution < 1.29 is 41.7 Å². The van der Waals surface area contributed by atoms with Crippen LogP contribution in [0, 0.1) is 11.7 Å². The van der Waals surface area contributed by atoms with Crippen molar-refractivity contribution in [1.29, 1.82) is 0 Å². The number of hydrogen-bond acceptors (Lipinski definition) is 5. The van der Waals surface area contributed by atoms with E-state index in [1.54, 1.807) is 4.90 Å². The van der Waals surface area contributed by atoms with Gasteiger partial charge in [0, 0.05) is 23.7 Å². The van der Waals surface area contributed by atoms with Crippen LogP contribution in [0.15, 0.2) is 36.4 Å². The van der Waals surface area contributed by atoms with Gasteiger partial charge >= 0.3 is 12.3 Å². The van der Waals surface area contributed by atoms with Crippen LogP contribution in [0.3, 0.4) is 0 Å². The Morgan fingerprint density at radius 1 is 1.11 bits per heavy atom. The Hall–Kier alpha value is -2.89. The Balaban J connectivity index is 1.52. The molecule has 0 radical (unpaired) electrons. The van der Waals surface area contributed by atoms with Gasteiger partial charge in [-0.15, -0.1) is 13.2 Å². The zero-order valence-corrected chi connectivity index (χ0v) is 20.8. The van der Waals surface area contributed by atoms with Crippen molar-refractivity contribution in [2.75, 3.05) is 18.2 Å². The van der Waals surface area contributed by atoms with E-state index in [1.807, 2.05) is 0 Å². The van der Waals surface area contributed by atoms with Gasteiger partial charge in [0.1, 0.15) is 24.9 Å². The highest BCUT2D eigenvalue weighted by molar-refractivity contribution is 6.31. The molecule has 0 unspecified atom stereocenters. The summed E-state index contributed by atoms with van der Waals surface area (Å²) in [5.74, 6) is -2.71. The summed E-state index contributed by atoms with van der Waals surface area (Å²) in [6, 6.07) is 6.97. The van der Waals surface area contributed by atoms with Crippen molar-refractivity contribution in [3.8, 4) is 5.75 Å². The number of carboxylic acids is 1. The van der Waals surface area contributed by atoms with Crippen molar-refractivity contribution in [3.05, 3.63) is 58.4 Å². The third-order valence-electron chi connectivity index (χ3n) is 7.31. The Morgan fingerprint density at radius 3 is 2.45 bits per heavy atom. The lowest BCUT2D eigenvalue weighted by Gasteiger charge is -2.47. The first-order valence-electron chi connectivity index (χ1n) is 12.3. The quantitative estimate of drug-likeness (QED) is 0.328. The second-order valence-corrected chi connectivity index (χ2v) is 10.2. The molecule has 1 N–H and O–H groups in total. The molecule has 0 saturated heterocycles. The second kappa shape index (κ2) is 10.3. The molecule has 38 heavy (non-hydrogen) atoms. The van der Waals surface area contributed by atoms with Gasteiger partial charge in [0.05, 0.1) is 10.7 Å². The van der Waals surface area contributed by atoms with Crippen molar-refractivity contribution in [2.45, 2.75) is 56.6 Å². The molecule has 0 spiro atoms. The summed E-state index contributed by atoms with van der Waals surface area (Å²) in [5, 5.41) is 8.87. The normalized spacial score (nSPS) is 22.8. The number of halogens is 5. The molecular weight excluding hydrogens is 532 g/mol. The standard InChI is InChI=1S/C26H25ClF4N2O5/c27-19-11-22-18(10-20(19)28)24(32(15-6-7-15)13-37-12-23(34)35)17-2-1-3-21(17)33(22)25(36)14-4-8-16(9-5-14)38-26(29,30)31/h4-5,8-11,15,17,21,24H,1-3,6-7,12-13H2,(H,34,35)/t17-,21+,24+/m0/s1. The van der Waals surface area contributed by atoms with E-state index in [0.29, 0.717) is 17.7 Å². The van der Waals surface area contributed by atoms with Gasteiger partial charge in [0.2, 0.25) is 0 Å². The van der Waals surface area contributed by atoms with E-state index in [9.17, 15) is 27.2 Å². The third kappa shape index (κ3) is 5.45.